The summed E-state index contributed by atoms with van der Waals surface area (Å²) < 4.78 is 13.1. The second kappa shape index (κ2) is 9.57. The SMILES string of the molecule is c1ccc(-c2ccc(-c3c4ccccc4c(-c4cc5cccc6oc7c8oc9ccccc9c8cc4c7c56)c4ccccc34)cc2)cc1. The lowest BCUT2D eigenvalue weighted by Gasteiger charge is -2.19. The topological polar surface area (TPSA) is 26.3 Å². The van der Waals surface area contributed by atoms with Crippen LogP contribution < -0.4 is 0 Å². The van der Waals surface area contributed by atoms with Gasteiger partial charge >= 0.3 is 0 Å². The van der Waals surface area contributed by atoms with E-state index in [0.717, 1.165) is 49.3 Å². The minimum Gasteiger partial charge on any atom is -0.452 e. The zero-order valence-corrected chi connectivity index (χ0v) is 25.8. The second-order valence-corrected chi connectivity index (χ2v) is 12.8. The summed E-state index contributed by atoms with van der Waals surface area (Å²) in [5.74, 6) is 0. The van der Waals surface area contributed by atoms with Crippen LogP contribution in [-0.2, 0) is 0 Å². The number of hydrogen-bond donors (Lipinski definition) is 0. The Morgan fingerprint density at radius 3 is 1.60 bits per heavy atom. The Morgan fingerprint density at radius 2 is 0.875 bits per heavy atom. The molecule has 2 heterocycles. The second-order valence-electron chi connectivity index (χ2n) is 12.8. The predicted octanol–water partition coefficient (Wildman–Crippen LogP) is 13.4. The van der Waals surface area contributed by atoms with Crippen molar-refractivity contribution in [2.24, 2.45) is 0 Å². The Balaban J connectivity index is 1.27. The maximum absolute atomic E-state index is 6.65. The molecule has 0 saturated heterocycles. The highest BCUT2D eigenvalue weighted by Gasteiger charge is 2.25. The number of furan rings is 2. The van der Waals surface area contributed by atoms with Gasteiger partial charge in [-0.2, -0.15) is 0 Å². The molecule has 2 aromatic heterocycles. The first-order valence-corrected chi connectivity index (χ1v) is 16.4. The Bertz CT molecular complexity index is 2980. The fourth-order valence-corrected chi connectivity index (χ4v) is 8.15. The smallest absolute Gasteiger partial charge is 0.179 e. The van der Waals surface area contributed by atoms with Gasteiger partial charge in [0.2, 0.25) is 0 Å². The molecule has 0 bridgehead atoms. The maximum atomic E-state index is 6.65. The molecule has 2 heteroatoms. The van der Waals surface area contributed by atoms with Crippen molar-refractivity contribution in [1.82, 2.24) is 0 Å². The van der Waals surface area contributed by atoms with E-state index in [2.05, 4.69) is 146 Å². The number of para-hydroxylation sites is 1. The summed E-state index contributed by atoms with van der Waals surface area (Å²) in [4.78, 5) is 0. The van der Waals surface area contributed by atoms with Gasteiger partial charge in [-0.25, -0.2) is 0 Å². The van der Waals surface area contributed by atoms with Gasteiger partial charge in [0.1, 0.15) is 11.2 Å². The van der Waals surface area contributed by atoms with Crippen molar-refractivity contribution >= 4 is 76.2 Å². The minimum atomic E-state index is 0.808. The molecule has 0 atom stereocenters. The number of fused-ring (bicyclic) bond motifs is 6. The molecule has 0 N–H and O–H groups in total. The van der Waals surface area contributed by atoms with Crippen LogP contribution in [0, 0.1) is 0 Å². The molecule has 0 radical (unpaired) electrons. The number of hydrogen-bond acceptors (Lipinski definition) is 2. The van der Waals surface area contributed by atoms with Gasteiger partial charge in [0.25, 0.3) is 0 Å². The van der Waals surface area contributed by atoms with Crippen LogP contribution in [0.3, 0.4) is 0 Å². The Morgan fingerprint density at radius 1 is 0.312 bits per heavy atom. The van der Waals surface area contributed by atoms with E-state index in [4.69, 9.17) is 8.83 Å². The van der Waals surface area contributed by atoms with E-state index < -0.39 is 0 Å². The zero-order valence-electron chi connectivity index (χ0n) is 25.8. The van der Waals surface area contributed by atoms with E-state index in [-0.39, 0.29) is 0 Å². The normalized spacial score (nSPS) is 12.2. The van der Waals surface area contributed by atoms with Crippen LogP contribution in [0.4, 0.5) is 0 Å². The van der Waals surface area contributed by atoms with Crippen LogP contribution in [-0.4, -0.2) is 0 Å². The van der Waals surface area contributed by atoms with E-state index in [9.17, 15) is 0 Å². The van der Waals surface area contributed by atoms with E-state index in [1.165, 1.54) is 60.3 Å². The first kappa shape index (κ1) is 25.8. The van der Waals surface area contributed by atoms with E-state index in [0.29, 0.717) is 0 Å². The lowest BCUT2D eigenvalue weighted by atomic mass is 9.83. The fraction of sp³-hybridized carbons (Fsp3) is 0. The Hall–Kier alpha value is -6.38. The van der Waals surface area contributed by atoms with Crippen molar-refractivity contribution in [1.29, 1.82) is 0 Å². The largest absolute Gasteiger partial charge is 0.452 e. The molecule has 0 saturated carbocycles. The standard InChI is InChI=1S/C46H26O2/c1-2-11-27(12-3-1)28-21-23-29(24-22-28)41-32-15-4-6-17-34(32)43(35-18-7-5-16-33(35)41)36-25-30-13-10-20-40-42(30)44-37(36)26-38-31-14-8-9-19-39(31)47-45(38)46(44)48-40/h1-26H. The van der Waals surface area contributed by atoms with Crippen LogP contribution in [0.2, 0.25) is 0 Å². The average molecular weight is 611 g/mol. The highest BCUT2D eigenvalue weighted by molar-refractivity contribution is 6.34. The lowest BCUT2D eigenvalue weighted by Crippen LogP contribution is -1.92. The Kier molecular flexibility index (Phi) is 5.14. The van der Waals surface area contributed by atoms with Gasteiger partial charge < -0.3 is 8.83 Å². The molecule has 9 aromatic carbocycles. The van der Waals surface area contributed by atoms with Gasteiger partial charge in [-0.15, -0.1) is 0 Å². The van der Waals surface area contributed by atoms with Crippen molar-refractivity contribution in [2.75, 3.05) is 0 Å². The predicted molar refractivity (Wildman–Crippen MR) is 201 cm³/mol. The van der Waals surface area contributed by atoms with Crippen molar-refractivity contribution in [2.45, 2.75) is 0 Å². The van der Waals surface area contributed by atoms with Crippen molar-refractivity contribution in [3.63, 3.8) is 0 Å². The van der Waals surface area contributed by atoms with Crippen molar-refractivity contribution < 1.29 is 8.83 Å². The van der Waals surface area contributed by atoms with Crippen molar-refractivity contribution in [3.8, 4) is 33.4 Å². The summed E-state index contributed by atoms with van der Waals surface area (Å²) in [6, 6.07) is 56.8. The van der Waals surface area contributed by atoms with E-state index in [1.807, 2.05) is 12.1 Å². The molecule has 0 spiro atoms. The monoisotopic (exact) mass is 610 g/mol. The molecule has 11 rings (SSSR count). The first-order chi connectivity index (χ1) is 23.8. The molecule has 0 unspecified atom stereocenters. The molecule has 222 valence electrons. The number of rotatable bonds is 3. The summed E-state index contributed by atoms with van der Waals surface area (Å²) in [7, 11) is 0. The molecule has 11 aromatic rings. The number of benzene rings is 9. The van der Waals surface area contributed by atoms with E-state index >= 15 is 0 Å². The molecule has 0 aliphatic rings. The van der Waals surface area contributed by atoms with Crippen LogP contribution in [0.1, 0.15) is 0 Å². The molecule has 2 nitrogen and oxygen atoms in total. The molecular formula is C46H26O2. The van der Waals surface area contributed by atoms with Crippen LogP contribution in [0.5, 0.6) is 0 Å². The summed E-state index contributed by atoms with van der Waals surface area (Å²) in [5, 5.41) is 11.7. The van der Waals surface area contributed by atoms with Gasteiger partial charge in [0.15, 0.2) is 11.2 Å². The van der Waals surface area contributed by atoms with Gasteiger partial charge in [0.05, 0.1) is 0 Å². The molecule has 0 aliphatic carbocycles. The highest BCUT2D eigenvalue weighted by Crippen LogP contribution is 2.50. The van der Waals surface area contributed by atoms with Crippen LogP contribution in [0.25, 0.3) is 110 Å². The van der Waals surface area contributed by atoms with Gasteiger partial charge in [-0.1, -0.05) is 133 Å². The summed E-state index contributed by atoms with van der Waals surface area (Å²) >= 11 is 0. The molecule has 48 heavy (non-hydrogen) atoms. The average Bonchev–Trinajstić information content (AvgIpc) is 3.73. The summed E-state index contributed by atoms with van der Waals surface area (Å²) in [6.45, 7) is 0. The molecular weight excluding hydrogens is 585 g/mol. The van der Waals surface area contributed by atoms with Gasteiger partial charge in [0, 0.05) is 21.5 Å². The summed E-state index contributed by atoms with van der Waals surface area (Å²) in [6.07, 6.45) is 0. The van der Waals surface area contributed by atoms with Crippen LogP contribution >= 0.6 is 0 Å². The lowest BCUT2D eigenvalue weighted by molar-refractivity contribution is 0.633. The maximum Gasteiger partial charge on any atom is 0.179 e. The Labute approximate surface area is 275 Å². The molecule has 0 aliphatic heterocycles. The molecule has 0 amide bonds. The third-order valence-corrected chi connectivity index (χ3v) is 10.2. The first-order valence-electron chi connectivity index (χ1n) is 16.4. The zero-order chi connectivity index (χ0) is 31.3. The third-order valence-electron chi connectivity index (χ3n) is 10.2. The fourth-order valence-electron chi connectivity index (χ4n) is 8.15. The third kappa shape index (κ3) is 3.46. The highest BCUT2D eigenvalue weighted by atomic mass is 16.4. The minimum absolute atomic E-state index is 0.808. The quantitative estimate of drug-likeness (QED) is 0.147. The van der Waals surface area contributed by atoms with Crippen LogP contribution in [0.15, 0.2) is 167 Å². The van der Waals surface area contributed by atoms with E-state index in [1.54, 1.807) is 0 Å². The summed E-state index contributed by atoms with van der Waals surface area (Å²) in [5.41, 5.74) is 10.7. The van der Waals surface area contributed by atoms with Gasteiger partial charge in [-0.3, -0.25) is 0 Å². The molecule has 0 fully saturated rings. The van der Waals surface area contributed by atoms with Crippen molar-refractivity contribution in [3.05, 3.63) is 158 Å². The van der Waals surface area contributed by atoms with Gasteiger partial charge in [-0.05, 0) is 90.0 Å².